The molecule has 2 rings (SSSR count). The summed E-state index contributed by atoms with van der Waals surface area (Å²) in [5, 5.41) is 6.98. The van der Waals surface area contributed by atoms with Crippen molar-refractivity contribution in [3.05, 3.63) is 0 Å². The molecule has 8 heteroatoms. The van der Waals surface area contributed by atoms with Gasteiger partial charge in [0.05, 0.1) is 0 Å². The molecule has 0 spiro atoms. The number of halogens is 1. The second kappa shape index (κ2) is 12.8. The van der Waals surface area contributed by atoms with E-state index in [4.69, 9.17) is 4.74 Å². The smallest absolute Gasteiger partial charge is 0.243 e. The zero-order valence-electron chi connectivity index (χ0n) is 18.1. The highest BCUT2D eigenvalue weighted by atomic mass is 127. The molecule has 0 bridgehead atoms. The summed E-state index contributed by atoms with van der Waals surface area (Å²) in [6.45, 7) is 10.1. The summed E-state index contributed by atoms with van der Waals surface area (Å²) < 4.78 is 5.53. The zero-order chi connectivity index (χ0) is 19.7. The van der Waals surface area contributed by atoms with Crippen molar-refractivity contribution in [2.45, 2.75) is 52.0 Å². The summed E-state index contributed by atoms with van der Waals surface area (Å²) in [5.74, 6) is 0.778. The van der Waals surface area contributed by atoms with Gasteiger partial charge < -0.3 is 20.3 Å². The molecule has 1 aliphatic heterocycles. The van der Waals surface area contributed by atoms with Gasteiger partial charge in [-0.15, -0.1) is 24.0 Å². The molecule has 0 radical (unpaired) electrons. The standard InChI is InChI=1S/C20H39N5O2.HI/c1-5-25-12-7-8-17(25)14-21-19(22-15-18(26)24(3)4)23-16-20(9-10-20)11-13-27-6-2;/h17H,5-16H2,1-4H3,(H2,21,22,23);1H. The van der Waals surface area contributed by atoms with Crippen molar-refractivity contribution in [3.8, 4) is 0 Å². The highest BCUT2D eigenvalue weighted by Crippen LogP contribution is 2.48. The molecule has 7 nitrogen and oxygen atoms in total. The predicted molar refractivity (Wildman–Crippen MR) is 125 cm³/mol. The third-order valence-electron chi connectivity index (χ3n) is 5.85. The van der Waals surface area contributed by atoms with E-state index in [1.54, 1.807) is 19.0 Å². The number of carbonyl (C=O) groups is 1. The van der Waals surface area contributed by atoms with Gasteiger partial charge in [0.2, 0.25) is 5.91 Å². The first-order chi connectivity index (χ1) is 13.0. The van der Waals surface area contributed by atoms with E-state index >= 15 is 0 Å². The maximum atomic E-state index is 11.9. The number of amides is 1. The summed E-state index contributed by atoms with van der Waals surface area (Å²) >= 11 is 0. The Kier molecular flexibility index (Phi) is 11.7. The molecule has 1 aliphatic carbocycles. The fourth-order valence-corrected chi connectivity index (χ4v) is 3.62. The van der Waals surface area contributed by atoms with Crippen LogP contribution in [0.3, 0.4) is 0 Å². The van der Waals surface area contributed by atoms with Crippen molar-refractivity contribution in [3.63, 3.8) is 0 Å². The molecule has 2 aliphatic rings. The Bertz CT molecular complexity index is 497. The van der Waals surface area contributed by atoms with Crippen LogP contribution in [-0.4, -0.2) is 87.7 Å². The van der Waals surface area contributed by atoms with E-state index in [-0.39, 0.29) is 36.4 Å². The molecule has 1 amide bonds. The number of hydrogen-bond acceptors (Lipinski definition) is 4. The van der Waals surface area contributed by atoms with Crippen molar-refractivity contribution >= 4 is 35.8 Å². The average Bonchev–Trinajstić information content (AvgIpc) is 3.27. The first-order valence-corrected chi connectivity index (χ1v) is 10.5. The van der Waals surface area contributed by atoms with E-state index in [1.165, 1.54) is 32.2 Å². The van der Waals surface area contributed by atoms with Crippen molar-refractivity contribution in [1.82, 2.24) is 20.4 Å². The van der Waals surface area contributed by atoms with E-state index in [1.807, 2.05) is 6.92 Å². The van der Waals surface area contributed by atoms with Crippen LogP contribution >= 0.6 is 24.0 Å². The molecule has 0 aromatic rings. The summed E-state index contributed by atoms with van der Waals surface area (Å²) in [7, 11) is 3.53. The maximum Gasteiger partial charge on any atom is 0.243 e. The van der Waals surface area contributed by atoms with Gasteiger partial charge in [-0.05, 0) is 57.5 Å². The Balaban J connectivity index is 0.00000392. The molecule has 0 aromatic heterocycles. The van der Waals surface area contributed by atoms with Gasteiger partial charge in [-0.2, -0.15) is 0 Å². The molecular formula is C20H40IN5O2. The van der Waals surface area contributed by atoms with Crippen molar-refractivity contribution in [2.24, 2.45) is 10.4 Å². The van der Waals surface area contributed by atoms with Crippen molar-refractivity contribution in [2.75, 3.05) is 60.0 Å². The first-order valence-electron chi connectivity index (χ1n) is 10.5. The highest BCUT2D eigenvalue weighted by Gasteiger charge is 2.42. The predicted octanol–water partition coefficient (Wildman–Crippen LogP) is 1.92. The van der Waals surface area contributed by atoms with Crippen LogP contribution in [0.5, 0.6) is 0 Å². The minimum atomic E-state index is 0. The molecule has 1 heterocycles. The van der Waals surface area contributed by atoms with Gasteiger partial charge in [0.15, 0.2) is 5.96 Å². The Hall–Kier alpha value is -0.610. The minimum absolute atomic E-state index is 0. The molecule has 1 atom stereocenters. The van der Waals surface area contributed by atoms with Crippen LogP contribution in [-0.2, 0) is 9.53 Å². The number of hydrogen-bond donors (Lipinski definition) is 2. The molecule has 164 valence electrons. The molecular weight excluding hydrogens is 469 g/mol. The number of aliphatic imine (C=N–C) groups is 1. The minimum Gasteiger partial charge on any atom is -0.382 e. The number of nitrogens with one attached hydrogen (secondary N) is 2. The normalized spacial score (nSPS) is 21.1. The van der Waals surface area contributed by atoms with E-state index in [0.717, 1.165) is 45.2 Å². The van der Waals surface area contributed by atoms with Gasteiger partial charge in [-0.3, -0.25) is 9.69 Å². The summed E-state index contributed by atoms with van der Waals surface area (Å²) in [6.07, 6.45) is 6.05. The largest absolute Gasteiger partial charge is 0.382 e. The Morgan fingerprint density at radius 2 is 2.04 bits per heavy atom. The lowest BCUT2D eigenvalue weighted by atomic mass is 10.0. The lowest BCUT2D eigenvalue weighted by Gasteiger charge is -2.25. The summed E-state index contributed by atoms with van der Waals surface area (Å²) in [4.78, 5) is 20.6. The van der Waals surface area contributed by atoms with Gasteiger partial charge in [0.1, 0.15) is 6.54 Å². The molecule has 1 unspecified atom stereocenters. The third-order valence-corrected chi connectivity index (χ3v) is 5.85. The number of likely N-dealkylation sites (tertiary alicyclic amines) is 1. The van der Waals surface area contributed by atoms with Crippen molar-refractivity contribution in [1.29, 1.82) is 0 Å². The molecule has 1 saturated carbocycles. The van der Waals surface area contributed by atoms with Gasteiger partial charge >= 0.3 is 0 Å². The molecule has 2 fully saturated rings. The van der Waals surface area contributed by atoms with Gasteiger partial charge in [-0.25, -0.2) is 4.99 Å². The van der Waals surface area contributed by atoms with Crippen LogP contribution in [0.15, 0.2) is 4.99 Å². The zero-order valence-corrected chi connectivity index (χ0v) is 20.5. The Morgan fingerprint density at radius 1 is 1.29 bits per heavy atom. The van der Waals surface area contributed by atoms with E-state index in [2.05, 4.69) is 27.4 Å². The van der Waals surface area contributed by atoms with E-state index in [0.29, 0.717) is 11.5 Å². The fourth-order valence-electron chi connectivity index (χ4n) is 3.62. The van der Waals surface area contributed by atoms with Gasteiger partial charge in [-0.1, -0.05) is 6.92 Å². The Labute approximate surface area is 188 Å². The number of rotatable bonds is 11. The Morgan fingerprint density at radius 3 is 2.64 bits per heavy atom. The lowest BCUT2D eigenvalue weighted by molar-refractivity contribution is -0.127. The van der Waals surface area contributed by atoms with Crippen LogP contribution in [0.2, 0.25) is 0 Å². The van der Waals surface area contributed by atoms with E-state index < -0.39 is 0 Å². The first kappa shape index (κ1) is 25.4. The van der Waals surface area contributed by atoms with E-state index in [9.17, 15) is 4.79 Å². The second-order valence-electron chi connectivity index (χ2n) is 8.06. The quantitative estimate of drug-likeness (QED) is 0.193. The summed E-state index contributed by atoms with van der Waals surface area (Å²) in [6, 6.07) is 0.555. The second-order valence-corrected chi connectivity index (χ2v) is 8.06. The monoisotopic (exact) mass is 509 g/mol. The number of ether oxygens (including phenoxy) is 1. The SMILES string of the molecule is CCOCCC1(CNC(=NCC(=O)N(C)C)NCC2CCCN2CC)CC1.I. The molecule has 1 saturated heterocycles. The van der Waals surface area contributed by atoms with Gasteiger partial charge in [0, 0.05) is 46.4 Å². The third kappa shape index (κ3) is 8.41. The number of carbonyl (C=O) groups excluding carboxylic acids is 1. The number of likely N-dealkylation sites (N-methyl/N-ethyl adjacent to an activating group) is 2. The maximum absolute atomic E-state index is 11.9. The number of nitrogens with zero attached hydrogens (tertiary/aromatic N) is 3. The highest BCUT2D eigenvalue weighted by molar-refractivity contribution is 14.0. The molecule has 2 N–H and O–H groups in total. The van der Waals surface area contributed by atoms with Crippen LogP contribution in [0.4, 0.5) is 0 Å². The van der Waals surface area contributed by atoms with Crippen LogP contribution in [0.1, 0.15) is 46.0 Å². The van der Waals surface area contributed by atoms with Crippen LogP contribution in [0.25, 0.3) is 0 Å². The number of guanidine groups is 1. The topological polar surface area (TPSA) is 69.2 Å². The van der Waals surface area contributed by atoms with Gasteiger partial charge in [0.25, 0.3) is 0 Å². The van der Waals surface area contributed by atoms with Crippen LogP contribution in [0, 0.1) is 5.41 Å². The molecule has 28 heavy (non-hydrogen) atoms. The fraction of sp³-hybridized carbons (Fsp3) is 0.900. The summed E-state index contributed by atoms with van der Waals surface area (Å²) in [5.41, 5.74) is 0.339. The van der Waals surface area contributed by atoms with Crippen LogP contribution < -0.4 is 10.6 Å². The molecule has 0 aromatic carbocycles. The lowest BCUT2D eigenvalue weighted by Crippen LogP contribution is -2.46. The van der Waals surface area contributed by atoms with Crippen molar-refractivity contribution < 1.29 is 9.53 Å². The average molecular weight is 509 g/mol.